The zero-order valence-corrected chi connectivity index (χ0v) is 14.1. The summed E-state index contributed by atoms with van der Waals surface area (Å²) in [6.07, 6.45) is 3.91. The summed E-state index contributed by atoms with van der Waals surface area (Å²) in [4.78, 5) is 17.0. The number of hydrogen-bond donors (Lipinski definition) is 1. The third kappa shape index (κ3) is 2.57. The minimum Gasteiger partial charge on any atom is -0.350 e. The van der Waals surface area contributed by atoms with Gasteiger partial charge >= 0.3 is 0 Å². The highest BCUT2D eigenvalue weighted by Crippen LogP contribution is 2.24. The highest BCUT2D eigenvalue weighted by Gasteiger charge is 2.24. The lowest BCUT2D eigenvalue weighted by Gasteiger charge is -2.09. The van der Waals surface area contributed by atoms with Gasteiger partial charge in [0.15, 0.2) is 0 Å². The third-order valence-electron chi connectivity index (χ3n) is 4.51. The molecule has 2 aromatic heterocycles. The average molecular weight is 345 g/mol. The van der Waals surface area contributed by atoms with E-state index < -0.39 is 0 Å². The predicted octanol–water partition coefficient (Wildman–Crippen LogP) is 3.02. The Bertz CT molecular complexity index is 928. The van der Waals surface area contributed by atoms with Crippen molar-refractivity contribution in [3.05, 3.63) is 46.1 Å². The number of aryl methyl sites for hydroxylation is 2. The van der Waals surface area contributed by atoms with E-state index in [0.29, 0.717) is 17.3 Å². The molecular formula is C17H17ClN4O2. The van der Waals surface area contributed by atoms with Crippen LogP contribution in [-0.2, 0) is 26.4 Å². The first kappa shape index (κ1) is 15.2. The van der Waals surface area contributed by atoms with Crippen LogP contribution in [0.5, 0.6) is 0 Å². The number of aromatic nitrogens is 3. The highest BCUT2D eigenvalue weighted by molar-refractivity contribution is 6.31. The monoisotopic (exact) mass is 344 g/mol. The molecule has 0 radical (unpaired) electrons. The quantitative estimate of drug-likeness (QED) is 0.792. The summed E-state index contributed by atoms with van der Waals surface area (Å²) in [5.41, 5.74) is 3.66. The Hall–Kier alpha value is -2.34. The van der Waals surface area contributed by atoms with Crippen molar-refractivity contribution < 1.29 is 9.32 Å². The molecular weight excluding hydrogens is 328 g/mol. The van der Waals surface area contributed by atoms with Gasteiger partial charge in [-0.3, -0.25) is 4.79 Å². The maximum Gasteiger partial charge on any atom is 0.290 e. The number of halogens is 1. The fourth-order valence-electron chi connectivity index (χ4n) is 3.19. The molecule has 0 saturated carbocycles. The van der Waals surface area contributed by atoms with Crippen molar-refractivity contribution in [1.29, 1.82) is 0 Å². The average Bonchev–Trinajstić information content (AvgIpc) is 3.14. The number of hydrogen-bond acceptors (Lipinski definition) is 4. The van der Waals surface area contributed by atoms with Crippen LogP contribution < -0.4 is 5.32 Å². The molecule has 0 unspecified atom stereocenters. The molecule has 1 aromatic carbocycles. The molecule has 0 saturated heterocycles. The van der Waals surface area contributed by atoms with Crippen molar-refractivity contribution in [1.82, 2.24) is 20.0 Å². The zero-order chi connectivity index (χ0) is 16.7. The van der Waals surface area contributed by atoms with Crippen LogP contribution in [0.1, 0.15) is 40.5 Å². The van der Waals surface area contributed by atoms with Crippen molar-refractivity contribution in [2.24, 2.45) is 7.05 Å². The maximum atomic E-state index is 12.4. The van der Waals surface area contributed by atoms with E-state index in [2.05, 4.69) is 15.5 Å². The van der Waals surface area contributed by atoms with Crippen LogP contribution in [0, 0.1) is 0 Å². The van der Waals surface area contributed by atoms with Gasteiger partial charge in [-0.15, -0.1) is 0 Å². The molecule has 0 fully saturated rings. The van der Waals surface area contributed by atoms with Crippen LogP contribution in [0.3, 0.4) is 0 Å². The smallest absolute Gasteiger partial charge is 0.290 e. The topological polar surface area (TPSA) is 73.0 Å². The molecule has 0 spiro atoms. The van der Waals surface area contributed by atoms with Crippen molar-refractivity contribution >= 4 is 28.5 Å². The van der Waals surface area contributed by atoms with E-state index in [-0.39, 0.29) is 5.91 Å². The molecule has 24 heavy (non-hydrogen) atoms. The highest BCUT2D eigenvalue weighted by atomic mass is 35.5. The van der Waals surface area contributed by atoms with Gasteiger partial charge in [-0.2, -0.15) is 0 Å². The second-order valence-corrected chi connectivity index (χ2v) is 6.48. The van der Waals surface area contributed by atoms with E-state index in [9.17, 15) is 4.79 Å². The van der Waals surface area contributed by atoms with Crippen molar-refractivity contribution in [2.45, 2.75) is 32.2 Å². The van der Waals surface area contributed by atoms with Gasteiger partial charge in [0.1, 0.15) is 5.82 Å². The molecule has 3 aromatic rings. The third-order valence-corrected chi connectivity index (χ3v) is 4.74. The van der Waals surface area contributed by atoms with Crippen LogP contribution in [0.15, 0.2) is 22.7 Å². The van der Waals surface area contributed by atoms with Crippen LogP contribution in [-0.4, -0.2) is 20.6 Å². The molecule has 1 N–H and O–H groups in total. The van der Waals surface area contributed by atoms with Gasteiger partial charge < -0.3 is 14.4 Å². The molecule has 1 aliphatic rings. The van der Waals surface area contributed by atoms with E-state index in [1.165, 1.54) is 0 Å². The zero-order valence-electron chi connectivity index (χ0n) is 13.3. The van der Waals surface area contributed by atoms with E-state index in [0.717, 1.165) is 53.8 Å². The molecule has 2 heterocycles. The van der Waals surface area contributed by atoms with Gasteiger partial charge in [0.05, 0.1) is 23.3 Å². The number of fused-ring (bicyclic) bond motifs is 2. The van der Waals surface area contributed by atoms with E-state index in [1.54, 1.807) is 0 Å². The second-order valence-electron chi connectivity index (χ2n) is 6.05. The Morgan fingerprint density at radius 2 is 2.21 bits per heavy atom. The SMILES string of the molecule is Cn1c(CNC(=O)c2onc3c2CCCC3)nc2cc(Cl)ccc21. The summed E-state index contributed by atoms with van der Waals surface area (Å²) in [5.74, 6) is 0.858. The number of nitrogens with one attached hydrogen (secondary N) is 1. The Morgan fingerprint density at radius 1 is 1.38 bits per heavy atom. The molecule has 4 rings (SSSR count). The van der Waals surface area contributed by atoms with Crippen molar-refractivity contribution in [3.63, 3.8) is 0 Å². The summed E-state index contributed by atoms with van der Waals surface area (Å²) in [6.45, 7) is 0.317. The van der Waals surface area contributed by atoms with E-state index in [1.807, 2.05) is 29.8 Å². The van der Waals surface area contributed by atoms with Gasteiger partial charge in [-0.25, -0.2) is 4.98 Å². The Kier molecular flexibility index (Phi) is 3.76. The first-order chi connectivity index (χ1) is 11.6. The molecule has 0 atom stereocenters. The lowest BCUT2D eigenvalue weighted by Crippen LogP contribution is -2.25. The number of rotatable bonds is 3. The number of carbonyl (C=O) groups excluding carboxylic acids is 1. The van der Waals surface area contributed by atoms with Gasteiger partial charge in [0, 0.05) is 17.6 Å². The van der Waals surface area contributed by atoms with E-state index in [4.69, 9.17) is 16.1 Å². The second kappa shape index (κ2) is 5.94. The van der Waals surface area contributed by atoms with Crippen molar-refractivity contribution in [2.75, 3.05) is 0 Å². The summed E-state index contributed by atoms with van der Waals surface area (Å²) >= 11 is 6.00. The lowest BCUT2D eigenvalue weighted by atomic mass is 9.96. The molecule has 1 aliphatic carbocycles. The Morgan fingerprint density at radius 3 is 3.08 bits per heavy atom. The fourth-order valence-corrected chi connectivity index (χ4v) is 3.36. The van der Waals surface area contributed by atoms with Crippen LogP contribution in [0.4, 0.5) is 0 Å². The Labute approximate surface area is 143 Å². The molecule has 0 aliphatic heterocycles. The van der Waals surface area contributed by atoms with Crippen LogP contribution in [0.25, 0.3) is 11.0 Å². The molecule has 0 bridgehead atoms. The number of nitrogens with zero attached hydrogens (tertiary/aromatic N) is 3. The predicted molar refractivity (Wildman–Crippen MR) is 90.0 cm³/mol. The standard InChI is InChI=1S/C17H17ClN4O2/c1-22-14-7-6-10(18)8-13(14)20-15(22)9-19-17(23)16-11-4-2-3-5-12(11)21-24-16/h6-8H,2-5,9H2,1H3,(H,19,23). The number of benzene rings is 1. The van der Waals surface area contributed by atoms with Crippen LogP contribution >= 0.6 is 11.6 Å². The maximum absolute atomic E-state index is 12.4. The summed E-state index contributed by atoms with van der Waals surface area (Å²) in [7, 11) is 1.92. The minimum absolute atomic E-state index is 0.240. The number of imidazole rings is 1. The first-order valence-electron chi connectivity index (χ1n) is 8.00. The Balaban J connectivity index is 1.53. The van der Waals surface area contributed by atoms with Gasteiger partial charge in [0.25, 0.3) is 5.91 Å². The molecule has 1 amide bonds. The largest absolute Gasteiger partial charge is 0.350 e. The lowest BCUT2D eigenvalue weighted by molar-refractivity contribution is 0.0911. The van der Waals surface area contributed by atoms with Gasteiger partial charge in [-0.1, -0.05) is 16.8 Å². The van der Waals surface area contributed by atoms with Crippen LogP contribution in [0.2, 0.25) is 5.02 Å². The summed E-state index contributed by atoms with van der Waals surface area (Å²) in [6, 6.07) is 5.56. The number of carbonyl (C=O) groups is 1. The number of amides is 1. The summed E-state index contributed by atoms with van der Waals surface area (Å²) in [5, 5.41) is 7.55. The first-order valence-corrected chi connectivity index (χ1v) is 8.38. The van der Waals surface area contributed by atoms with Gasteiger partial charge in [-0.05, 0) is 43.9 Å². The van der Waals surface area contributed by atoms with E-state index >= 15 is 0 Å². The summed E-state index contributed by atoms with van der Waals surface area (Å²) < 4.78 is 7.21. The van der Waals surface area contributed by atoms with Gasteiger partial charge in [0.2, 0.25) is 5.76 Å². The molecule has 124 valence electrons. The molecule has 7 heteroatoms. The minimum atomic E-state index is -0.240. The fraction of sp³-hybridized carbons (Fsp3) is 0.353. The normalized spacial score (nSPS) is 13.9. The van der Waals surface area contributed by atoms with Crippen molar-refractivity contribution in [3.8, 4) is 0 Å². The molecule has 6 nitrogen and oxygen atoms in total.